The molecular formula is C69H79BrClFN18O7. The van der Waals surface area contributed by atoms with Gasteiger partial charge in [-0.15, -0.1) is 12.4 Å². The van der Waals surface area contributed by atoms with Gasteiger partial charge in [-0.2, -0.15) is 0 Å². The monoisotopic (exact) mass is 1400 g/mol. The summed E-state index contributed by atoms with van der Waals surface area (Å²) in [7, 11) is 0. The van der Waals surface area contributed by atoms with E-state index in [-0.39, 0.29) is 73.0 Å². The highest BCUT2D eigenvalue weighted by molar-refractivity contribution is 9.09. The summed E-state index contributed by atoms with van der Waals surface area (Å²) >= 11 is 3.25. The van der Waals surface area contributed by atoms with E-state index in [0.29, 0.717) is 68.6 Å². The van der Waals surface area contributed by atoms with Crippen molar-refractivity contribution in [2.24, 2.45) is 5.73 Å². The molecule has 4 aliphatic heterocycles. The van der Waals surface area contributed by atoms with Crippen LogP contribution in [0.15, 0.2) is 72.8 Å². The van der Waals surface area contributed by atoms with E-state index in [0.717, 1.165) is 169 Å². The Morgan fingerprint density at radius 1 is 0.598 bits per heavy atom. The van der Waals surface area contributed by atoms with Crippen molar-refractivity contribution in [3.05, 3.63) is 124 Å². The molecule has 5 amide bonds. The maximum absolute atomic E-state index is 12.2. The number of aryl methyl sites for hydroxylation is 3. The Kier molecular flexibility index (Phi) is 20.5. The summed E-state index contributed by atoms with van der Waals surface area (Å²) in [5.41, 5.74) is 23.5. The maximum atomic E-state index is 12.2. The normalized spacial score (nSPS) is 20.3. The van der Waals surface area contributed by atoms with E-state index in [1.807, 2.05) is 98.5 Å². The standard InChI is InChI=1S/C23H25FN6O3.C23H24N6O3.C20H22N6O.C3H7Br.ClH/c1-12-21(27-13-9-14(10-13)28-23(32)33-8-6-24)30-20-15(3-2-4-18(20)26-12)19-11-16-17(29-19)5-7-25-22(16)31;1-12-21(26-13-9-14(10-13)29-7-8-32-23(29)31)28-20-15(3-2-4-18(20)25-12)19-11-16-17(27-19)5-6-24-22(16)30;1-10-19(24-12-7-11(21)8-12)26-18-13(3-2-4-16(18)23-10)17-9-14-15(25-17)5-6-22-20(14)27;1-2-3-4;/h2-4,11,13-14,29H,5-10H2,1H3,(H,25,31)(H,27,30)(H,28,32);2-4,11,13-14,27H,5-10H2,1H3,(H,24,30)(H,26,28);2-4,9,11-12,25H,5-8,21H2,1H3,(H,22,27)(H,24,26);2-3H2,1H3;1H. The van der Waals surface area contributed by atoms with E-state index in [2.05, 4.69) is 75.0 Å². The third kappa shape index (κ3) is 14.6. The van der Waals surface area contributed by atoms with Gasteiger partial charge in [-0.05, 0) is 102 Å². The van der Waals surface area contributed by atoms with Crippen molar-refractivity contribution in [1.82, 2.24) is 71.0 Å². The van der Waals surface area contributed by atoms with Crippen molar-refractivity contribution in [2.45, 2.75) is 128 Å². The molecule has 0 unspecified atom stereocenters. The summed E-state index contributed by atoms with van der Waals surface area (Å²) in [6.07, 6.45) is 7.88. The number of hydrogen-bond donors (Lipinski definition) is 11. The fourth-order valence-corrected chi connectivity index (χ4v) is 13.1. The van der Waals surface area contributed by atoms with Crippen LogP contribution in [0.25, 0.3) is 66.9 Å². The minimum absolute atomic E-state index is 0. The number of amides is 5. The number of alkyl halides is 2. The zero-order chi connectivity index (χ0) is 66.7. The van der Waals surface area contributed by atoms with Crippen molar-refractivity contribution in [3.8, 4) is 33.8 Å². The van der Waals surface area contributed by atoms with E-state index >= 15 is 0 Å². The number of rotatable bonds is 14. The van der Waals surface area contributed by atoms with Crippen molar-refractivity contribution in [1.29, 1.82) is 0 Å². The number of carbonyl (C=O) groups excluding carboxylic acids is 5. The van der Waals surface area contributed by atoms with Crippen molar-refractivity contribution >= 4 is 109 Å². The van der Waals surface area contributed by atoms with Gasteiger partial charge in [0.1, 0.15) is 53.9 Å². The van der Waals surface area contributed by atoms with E-state index in [4.69, 9.17) is 45.1 Å². The lowest BCUT2D eigenvalue weighted by atomic mass is 9.85. The number of benzene rings is 3. The smallest absolute Gasteiger partial charge is 0.410 e. The van der Waals surface area contributed by atoms with Gasteiger partial charge in [0.25, 0.3) is 17.7 Å². The largest absolute Gasteiger partial charge is 0.448 e. The third-order valence-corrected chi connectivity index (χ3v) is 19.2. The van der Waals surface area contributed by atoms with Gasteiger partial charge >= 0.3 is 12.2 Å². The van der Waals surface area contributed by atoms with Crippen LogP contribution in [0.4, 0.5) is 31.4 Å². The number of carbonyl (C=O) groups is 5. The number of nitrogens with one attached hydrogen (secondary N) is 10. The fraction of sp³-hybridized carbons (Fsp3) is 0.406. The lowest BCUT2D eigenvalue weighted by Gasteiger charge is -2.40. The highest BCUT2D eigenvalue weighted by atomic mass is 79.9. The number of nitrogens with two attached hydrogens (primary N) is 1. The SMILES string of the molecule is CCCBr.Cc1nc2cccc(-c3cc4c([nH]3)CCNC4=O)c2nc1NC1CC(N)C1.Cc1nc2cccc(-c3cc4c([nH]3)CCNC4=O)c2nc1NC1CC(N2CCOC2=O)C1.Cc1nc2cccc(-c3cc4c([nH]3)CCNC4=O)c2nc1NC1CC(NC(=O)OCCF)C1.Cl. The number of ether oxygens (including phenoxy) is 2. The molecule has 10 heterocycles. The van der Waals surface area contributed by atoms with Crippen LogP contribution < -0.4 is 43.0 Å². The first-order chi connectivity index (χ1) is 46.6. The summed E-state index contributed by atoms with van der Waals surface area (Å²) < 4.78 is 21.9. The summed E-state index contributed by atoms with van der Waals surface area (Å²) in [4.78, 5) is 101. The molecule has 0 atom stereocenters. The molecule has 9 aromatic rings. The summed E-state index contributed by atoms with van der Waals surface area (Å²) in [6.45, 7) is 10.1. The lowest BCUT2D eigenvalue weighted by Crippen LogP contribution is -2.50. The molecule has 7 aliphatic rings. The quantitative estimate of drug-likeness (QED) is 0.0451. The number of alkyl carbamates (subject to hydrolysis) is 1. The van der Waals surface area contributed by atoms with Gasteiger partial charge in [0, 0.05) is 131 Å². The number of halogens is 3. The molecule has 0 radical (unpaired) electrons. The van der Waals surface area contributed by atoms with Crippen LogP contribution in [-0.2, 0) is 28.7 Å². The van der Waals surface area contributed by atoms with Crippen LogP contribution in [0.3, 0.4) is 0 Å². The number of aromatic amines is 3. The molecule has 0 bridgehead atoms. The van der Waals surface area contributed by atoms with Crippen molar-refractivity contribution < 1.29 is 37.8 Å². The molecular weight excluding hydrogens is 1330 g/mol. The summed E-state index contributed by atoms with van der Waals surface area (Å²) in [5.74, 6) is 2.12. The Morgan fingerprint density at radius 2 is 0.990 bits per heavy atom. The number of fused-ring (bicyclic) bond motifs is 6. The fourth-order valence-electron chi connectivity index (χ4n) is 13.1. The zero-order valence-electron chi connectivity index (χ0n) is 54.3. The number of hydrogen-bond acceptors (Lipinski definition) is 17. The molecule has 97 heavy (non-hydrogen) atoms. The molecule has 1 saturated heterocycles. The van der Waals surface area contributed by atoms with E-state index in [9.17, 15) is 28.4 Å². The van der Waals surface area contributed by atoms with Gasteiger partial charge in [-0.1, -0.05) is 59.3 Å². The molecule has 12 N–H and O–H groups in total. The Hall–Kier alpha value is -9.47. The lowest BCUT2D eigenvalue weighted by molar-refractivity contribution is 0.0937. The van der Waals surface area contributed by atoms with Gasteiger partial charge in [0.05, 0.1) is 56.9 Å². The van der Waals surface area contributed by atoms with Crippen LogP contribution in [0.2, 0.25) is 0 Å². The molecule has 3 saturated carbocycles. The third-order valence-electron chi connectivity index (χ3n) is 18.4. The Labute approximate surface area is 573 Å². The second-order valence-corrected chi connectivity index (χ2v) is 26.0. The zero-order valence-corrected chi connectivity index (χ0v) is 56.8. The molecule has 4 fully saturated rings. The molecule has 25 nitrogen and oxygen atoms in total. The maximum Gasteiger partial charge on any atom is 0.410 e. The van der Waals surface area contributed by atoms with Gasteiger partial charge < -0.3 is 72.3 Å². The number of nitrogens with zero attached hydrogens (tertiary/aromatic N) is 7. The molecule has 3 aliphatic carbocycles. The van der Waals surface area contributed by atoms with E-state index in [1.54, 1.807) is 0 Å². The second-order valence-electron chi connectivity index (χ2n) is 25.3. The van der Waals surface area contributed by atoms with Crippen LogP contribution in [0, 0.1) is 20.8 Å². The number of H-pyrrole nitrogens is 3. The van der Waals surface area contributed by atoms with Crippen LogP contribution in [0.5, 0.6) is 0 Å². The predicted molar refractivity (Wildman–Crippen MR) is 376 cm³/mol. The molecule has 3 aromatic carbocycles. The Morgan fingerprint density at radius 3 is 1.34 bits per heavy atom. The minimum Gasteiger partial charge on any atom is -0.448 e. The first-order valence-corrected chi connectivity index (χ1v) is 34.1. The van der Waals surface area contributed by atoms with Crippen LogP contribution in [-0.4, -0.2) is 167 Å². The van der Waals surface area contributed by atoms with Crippen molar-refractivity contribution in [3.63, 3.8) is 0 Å². The van der Waals surface area contributed by atoms with Gasteiger partial charge in [-0.25, -0.2) is 43.9 Å². The minimum atomic E-state index is -0.692. The summed E-state index contributed by atoms with van der Waals surface area (Å²) in [6, 6.07) is 24.6. The number of anilines is 3. The average Bonchev–Trinajstić information content (AvgIpc) is 1.76. The molecule has 0 spiro atoms. The number of aromatic nitrogens is 9. The predicted octanol–water partition coefficient (Wildman–Crippen LogP) is 9.81. The molecule has 28 heteroatoms. The first-order valence-electron chi connectivity index (χ1n) is 33.0. The van der Waals surface area contributed by atoms with Gasteiger partial charge in [0.2, 0.25) is 0 Å². The van der Waals surface area contributed by atoms with Crippen LogP contribution in [0.1, 0.15) is 117 Å². The Balaban J connectivity index is 0.000000135. The number of para-hydroxylation sites is 3. The summed E-state index contributed by atoms with van der Waals surface area (Å²) in [5, 5.41) is 22.9. The number of cyclic esters (lactones) is 1. The highest BCUT2D eigenvalue weighted by Gasteiger charge is 2.40. The second kappa shape index (κ2) is 29.5. The highest BCUT2D eigenvalue weighted by Crippen LogP contribution is 2.37. The van der Waals surface area contributed by atoms with Crippen LogP contribution >= 0.6 is 28.3 Å². The first kappa shape index (κ1) is 67.5. The molecule has 6 aromatic heterocycles. The van der Waals surface area contributed by atoms with Crippen molar-refractivity contribution in [2.75, 3.05) is 67.3 Å². The molecule has 16 rings (SSSR count). The Bertz CT molecular complexity index is 4450. The van der Waals surface area contributed by atoms with E-state index in [1.165, 1.54) is 6.42 Å². The van der Waals surface area contributed by atoms with E-state index < -0.39 is 12.8 Å². The van der Waals surface area contributed by atoms with Gasteiger partial charge in [0.15, 0.2) is 0 Å². The average molecular weight is 1410 g/mol. The molecule has 508 valence electrons. The topological polar surface area (TPSA) is 342 Å². The van der Waals surface area contributed by atoms with Gasteiger partial charge in [-0.3, -0.25) is 14.4 Å².